The van der Waals surface area contributed by atoms with E-state index in [2.05, 4.69) is 6.58 Å². The van der Waals surface area contributed by atoms with Gasteiger partial charge in [0.05, 0.1) is 19.1 Å². The van der Waals surface area contributed by atoms with Crippen LogP contribution in [0.3, 0.4) is 0 Å². The van der Waals surface area contributed by atoms with Crippen molar-refractivity contribution in [3.05, 3.63) is 36.0 Å². The van der Waals surface area contributed by atoms with Crippen molar-refractivity contribution in [2.75, 3.05) is 20.2 Å². The van der Waals surface area contributed by atoms with Crippen LogP contribution in [0.2, 0.25) is 0 Å². The Labute approximate surface area is 170 Å². The SMILES string of the molecule is C=C/C(F)=C(F)\C=C(/C)C(O)C(C(=O)OC)C1CCN(C(=O)OC(C)(C)C)CC1. The molecule has 0 saturated carbocycles. The van der Waals surface area contributed by atoms with Gasteiger partial charge in [-0.25, -0.2) is 13.6 Å². The first-order chi connectivity index (χ1) is 13.4. The summed E-state index contributed by atoms with van der Waals surface area (Å²) >= 11 is 0. The highest BCUT2D eigenvalue weighted by Gasteiger charge is 2.39. The Morgan fingerprint density at radius 3 is 2.21 bits per heavy atom. The number of carbonyl (C=O) groups is 2. The lowest BCUT2D eigenvalue weighted by Gasteiger charge is -2.37. The van der Waals surface area contributed by atoms with Gasteiger partial charge in [0.15, 0.2) is 11.7 Å². The smallest absolute Gasteiger partial charge is 0.410 e. The van der Waals surface area contributed by atoms with Crippen molar-refractivity contribution in [2.24, 2.45) is 11.8 Å². The van der Waals surface area contributed by atoms with Crippen molar-refractivity contribution < 1.29 is 33.0 Å². The molecular weight excluding hydrogens is 384 g/mol. The molecule has 0 aromatic heterocycles. The van der Waals surface area contributed by atoms with Crippen LogP contribution >= 0.6 is 0 Å². The molecule has 0 aromatic carbocycles. The Morgan fingerprint density at radius 1 is 1.21 bits per heavy atom. The first-order valence-electron chi connectivity index (χ1n) is 9.51. The minimum absolute atomic E-state index is 0.0875. The lowest BCUT2D eigenvalue weighted by Crippen LogP contribution is -2.46. The molecule has 6 nitrogen and oxygen atoms in total. The van der Waals surface area contributed by atoms with Gasteiger partial charge in [0.25, 0.3) is 0 Å². The number of rotatable bonds is 6. The number of aliphatic hydroxyl groups is 1. The number of carbonyl (C=O) groups excluding carboxylic acids is 2. The van der Waals surface area contributed by atoms with E-state index >= 15 is 0 Å². The minimum Gasteiger partial charge on any atom is -0.469 e. The minimum atomic E-state index is -1.36. The van der Waals surface area contributed by atoms with E-state index in [0.29, 0.717) is 25.9 Å². The summed E-state index contributed by atoms with van der Waals surface area (Å²) in [6.07, 6.45) is 0.632. The van der Waals surface area contributed by atoms with Crippen LogP contribution in [0.15, 0.2) is 36.0 Å². The number of piperidine rings is 1. The number of methoxy groups -OCH3 is 1. The summed E-state index contributed by atoms with van der Waals surface area (Å²) < 4.78 is 37.2. The number of allylic oxidation sites excluding steroid dienone is 4. The highest BCUT2D eigenvalue weighted by atomic mass is 19.2. The molecule has 1 saturated heterocycles. The number of likely N-dealkylation sites (tertiary alicyclic amines) is 1. The second-order valence-corrected chi connectivity index (χ2v) is 8.09. The van der Waals surface area contributed by atoms with Crippen molar-refractivity contribution >= 4 is 12.1 Å². The number of ether oxygens (including phenoxy) is 2. The average Bonchev–Trinajstić information content (AvgIpc) is 2.66. The number of hydrogen-bond acceptors (Lipinski definition) is 5. The second kappa shape index (κ2) is 10.5. The molecule has 1 amide bonds. The highest BCUT2D eigenvalue weighted by molar-refractivity contribution is 5.74. The Hall–Kier alpha value is -2.22. The molecule has 1 aliphatic rings. The van der Waals surface area contributed by atoms with Crippen LogP contribution in [0.4, 0.5) is 13.6 Å². The lowest BCUT2D eigenvalue weighted by atomic mass is 9.79. The first kappa shape index (κ1) is 24.8. The fraction of sp³-hybridized carbons (Fsp3) is 0.619. The molecule has 1 fully saturated rings. The second-order valence-electron chi connectivity index (χ2n) is 8.09. The van der Waals surface area contributed by atoms with Gasteiger partial charge in [-0.15, -0.1) is 0 Å². The molecule has 0 aromatic rings. The maximum atomic E-state index is 13.7. The molecule has 0 bridgehead atoms. The number of halogens is 2. The molecule has 2 atom stereocenters. The third-order valence-corrected chi connectivity index (χ3v) is 4.74. The standard InChI is InChI=1S/C21H31F2NO5/c1-7-15(22)16(23)12-13(2)18(25)17(19(26)28-6)14-8-10-24(11-9-14)20(27)29-21(3,4)5/h7,12,14,17-18,25H,1,8-11H2,2-6H3/b13-12+,16-15-. The van der Waals surface area contributed by atoms with E-state index in [1.54, 1.807) is 25.7 Å². The molecule has 1 rings (SSSR count). The lowest BCUT2D eigenvalue weighted by molar-refractivity contribution is -0.152. The summed E-state index contributed by atoms with van der Waals surface area (Å²) in [5, 5.41) is 10.7. The molecule has 0 aliphatic carbocycles. The Bertz CT molecular complexity index is 673. The molecule has 1 aliphatic heterocycles. The fourth-order valence-corrected chi connectivity index (χ4v) is 3.22. The third kappa shape index (κ3) is 7.27. The van der Waals surface area contributed by atoms with Crippen LogP contribution in [0.1, 0.15) is 40.5 Å². The quantitative estimate of drug-likeness (QED) is 0.523. The van der Waals surface area contributed by atoms with Crippen LogP contribution in [0.5, 0.6) is 0 Å². The first-order valence-corrected chi connectivity index (χ1v) is 9.51. The zero-order valence-electron chi connectivity index (χ0n) is 17.7. The van der Waals surface area contributed by atoms with Gasteiger partial charge in [-0.3, -0.25) is 4.79 Å². The summed E-state index contributed by atoms with van der Waals surface area (Å²) in [4.78, 5) is 26.1. The third-order valence-electron chi connectivity index (χ3n) is 4.74. The number of amides is 1. The van der Waals surface area contributed by atoms with Gasteiger partial charge in [0.1, 0.15) is 5.60 Å². The normalized spacial score (nSPS) is 19.2. The number of hydrogen-bond donors (Lipinski definition) is 1. The monoisotopic (exact) mass is 415 g/mol. The van der Waals surface area contributed by atoms with Crippen molar-refractivity contribution in [3.8, 4) is 0 Å². The van der Waals surface area contributed by atoms with Crippen LogP contribution in [-0.4, -0.2) is 54.0 Å². The topological polar surface area (TPSA) is 76.1 Å². The number of esters is 1. The molecule has 164 valence electrons. The van der Waals surface area contributed by atoms with Crippen LogP contribution in [-0.2, 0) is 14.3 Å². The molecule has 8 heteroatoms. The largest absolute Gasteiger partial charge is 0.469 e. The van der Waals surface area contributed by atoms with E-state index in [9.17, 15) is 23.5 Å². The van der Waals surface area contributed by atoms with E-state index in [1.165, 1.54) is 14.0 Å². The Balaban J connectivity index is 2.93. The molecule has 1 N–H and O–H groups in total. The summed E-state index contributed by atoms with van der Waals surface area (Å²) in [5.74, 6) is -4.24. The van der Waals surface area contributed by atoms with Crippen LogP contribution in [0, 0.1) is 11.8 Å². The van der Waals surface area contributed by atoms with E-state index in [0.717, 1.165) is 12.2 Å². The number of aliphatic hydroxyl groups excluding tert-OH is 1. The summed E-state index contributed by atoms with van der Waals surface area (Å²) in [6, 6.07) is 0. The van der Waals surface area contributed by atoms with Gasteiger partial charge in [0, 0.05) is 13.1 Å². The molecule has 29 heavy (non-hydrogen) atoms. The Morgan fingerprint density at radius 2 is 1.76 bits per heavy atom. The zero-order chi connectivity index (χ0) is 22.4. The highest BCUT2D eigenvalue weighted by Crippen LogP contribution is 2.32. The van der Waals surface area contributed by atoms with Gasteiger partial charge >= 0.3 is 12.1 Å². The molecular formula is C21H31F2NO5. The van der Waals surface area contributed by atoms with E-state index in [1.807, 2.05) is 0 Å². The van der Waals surface area contributed by atoms with Gasteiger partial charge in [-0.05, 0) is 64.2 Å². The molecule has 0 spiro atoms. The predicted octanol–water partition coefficient (Wildman–Crippen LogP) is 4.07. The van der Waals surface area contributed by atoms with Gasteiger partial charge in [0.2, 0.25) is 0 Å². The van der Waals surface area contributed by atoms with E-state index < -0.39 is 41.3 Å². The summed E-state index contributed by atoms with van der Waals surface area (Å²) in [6.45, 7) is 10.6. The maximum Gasteiger partial charge on any atom is 0.410 e. The van der Waals surface area contributed by atoms with Crippen molar-refractivity contribution in [1.29, 1.82) is 0 Å². The summed E-state index contributed by atoms with van der Waals surface area (Å²) in [5.41, 5.74) is -0.525. The van der Waals surface area contributed by atoms with Crippen molar-refractivity contribution in [1.82, 2.24) is 4.90 Å². The van der Waals surface area contributed by atoms with Gasteiger partial charge in [-0.1, -0.05) is 6.58 Å². The van der Waals surface area contributed by atoms with Gasteiger partial charge in [-0.2, -0.15) is 0 Å². The van der Waals surface area contributed by atoms with E-state index in [-0.39, 0.29) is 11.5 Å². The van der Waals surface area contributed by atoms with Crippen LogP contribution in [0.25, 0.3) is 0 Å². The molecule has 0 radical (unpaired) electrons. The zero-order valence-corrected chi connectivity index (χ0v) is 17.7. The maximum absolute atomic E-state index is 13.7. The average molecular weight is 415 g/mol. The Kier molecular flexibility index (Phi) is 9.01. The van der Waals surface area contributed by atoms with Crippen molar-refractivity contribution in [3.63, 3.8) is 0 Å². The predicted molar refractivity (Wildman–Crippen MR) is 105 cm³/mol. The van der Waals surface area contributed by atoms with Crippen molar-refractivity contribution in [2.45, 2.75) is 52.2 Å². The number of nitrogens with zero attached hydrogens (tertiary/aromatic N) is 1. The van der Waals surface area contributed by atoms with Crippen LogP contribution < -0.4 is 0 Å². The van der Waals surface area contributed by atoms with E-state index in [4.69, 9.17) is 9.47 Å². The van der Waals surface area contributed by atoms with Gasteiger partial charge < -0.3 is 19.5 Å². The summed E-state index contributed by atoms with van der Waals surface area (Å²) in [7, 11) is 1.20. The molecule has 2 unspecified atom stereocenters. The fourth-order valence-electron chi connectivity index (χ4n) is 3.22. The molecule has 1 heterocycles.